The van der Waals surface area contributed by atoms with Gasteiger partial charge in [-0.05, 0) is 26.8 Å². The van der Waals surface area contributed by atoms with Gasteiger partial charge in [0.05, 0.1) is 6.61 Å². The van der Waals surface area contributed by atoms with Crippen LogP contribution in [0.25, 0.3) is 0 Å². The molecule has 92 valence electrons. The van der Waals surface area contributed by atoms with Gasteiger partial charge in [0.25, 0.3) is 0 Å². The molecule has 0 spiro atoms. The molecular formula is C12H16N2O2S. The maximum Gasteiger partial charge on any atom is 0.330 e. The molecule has 0 aliphatic heterocycles. The normalized spacial score (nSPS) is 10.8. The lowest BCUT2D eigenvalue weighted by Crippen LogP contribution is -1.99. The lowest BCUT2D eigenvalue weighted by Gasteiger charge is -2.00. The Labute approximate surface area is 105 Å². The zero-order valence-corrected chi connectivity index (χ0v) is 11.1. The molecule has 1 aromatic heterocycles. The van der Waals surface area contributed by atoms with E-state index in [4.69, 9.17) is 4.74 Å². The minimum absolute atomic E-state index is 0.311. The fourth-order valence-corrected chi connectivity index (χ4v) is 1.97. The summed E-state index contributed by atoms with van der Waals surface area (Å²) in [4.78, 5) is 19.6. The summed E-state index contributed by atoms with van der Waals surface area (Å²) in [7, 11) is 0. The molecule has 0 bridgehead atoms. The lowest BCUT2D eigenvalue weighted by atomic mass is 10.4. The number of carbonyl (C=O) groups is 1. The van der Waals surface area contributed by atoms with Crippen molar-refractivity contribution in [2.45, 2.75) is 25.9 Å². The van der Waals surface area contributed by atoms with Gasteiger partial charge in [0.15, 0.2) is 5.16 Å². The second-order valence-electron chi connectivity index (χ2n) is 3.40. The van der Waals surface area contributed by atoms with Gasteiger partial charge in [0.1, 0.15) is 0 Å². The standard InChI is InChI=1S/C12H16N2O2S/c1-4-16-11(15)6-5-7-17-12-13-9(2)8-10(3)14-12/h5-6,8H,4,7H2,1-3H3/b6-5+. The van der Waals surface area contributed by atoms with Crippen molar-refractivity contribution in [3.63, 3.8) is 0 Å². The highest BCUT2D eigenvalue weighted by Crippen LogP contribution is 2.13. The summed E-state index contributed by atoms with van der Waals surface area (Å²) in [5, 5.41) is 0.732. The van der Waals surface area contributed by atoms with Gasteiger partial charge in [-0.25, -0.2) is 14.8 Å². The maximum atomic E-state index is 11.0. The molecule has 0 unspecified atom stereocenters. The molecule has 1 aromatic rings. The van der Waals surface area contributed by atoms with Crippen LogP contribution in [0.4, 0.5) is 0 Å². The number of hydrogen-bond donors (Lipinski definition) is 0. The van der Waals surface area contributed by atoms with Crippen LogP contribution < -0.4 is 0 Å². The van der Waals surface area contributed by atoms with E-state index in [0.717, 1.165) is 16.5 Å². The van der Waals surface area contributed by atoms with Crippen LogP contribution in [0.5, 0.6) is 0 Å². The van der Waals surface area contributed by atoms with Crippen molar-refractivity contribution in [2.24, 2.45) is 0 Å². The molecule has 0 aromatic carbocycles. The van der Waals surface area contributed by atoms with Crippen molar-refractivity contribution < 1.29 is 9.53 Å². The van der Waals surface area contributed by atoms with Crippen molar-refractivity contribution in [1.29, 1.82) is 0 Å². The van der Waals surface area contributed by atoms with Crippen molar-refractivity contribution in [1.82, 2.24) is 9.97 Å². The van der Waals surface area contributed by atoms with E-state index in [-0.39, 0.29) is 5.97 Å². The largest absolute Gasteiger partial charge is 0.463 e. The van der Waals surface area contributed by atoms with Gasteiger partial charge in [0.2, 0.25) is 0 Å². The highest BCUT2D eigenvalue weighted by molar-refractivity contribution is 7.99. The predicted octanol–water partition coefficient (Wildman–Crippen LogP) is 2.30. The highest BCUT2D eigenvalue weighted by atomic mass is 32.2. The van der Waals surface area contributed by atoms with E-state index in [1.54, 1.807) is 13.0 Å². The number of ether oxygens (including phenoxy) is 1. The first-order chi connectivity index (χ1) is 8.11. The summed E-state index contributed by atoms with van der Waals surface area (Å²) in [6, 6.07) is 1.93. The van der Waals surface area contributed by atoms with Crippen LogP contribution in [0.1, 0.15) is 18.3 Å². The average molecular weight is 252 g/mol. The molecule has 1 heterocycles. The predicted molar refractivity (Wildman–Crippen MR) is 68.0 cm³/mol. The molecule has 1 rings (SSSR count). The number of nitrogens with zero attached hydrogens (tertiary/aromatic N) is 2. The van der Waals surface area contributed by atoms with Crippen molar-refractivity contribution in [3.8, 4) is 0 Å². The molecule has 0 N–H and O–H groups in total. The lowest BCUT2D eigenvalue weighted by molar-refractivity contribution is -0.137. The number of rotatable bonds is 5. The third kappa shape index (κ3) is 5.49. The molecule has 17 heavy (non-hydrogen) atoms. The van der Waals surface area contributed by atoms with E-state index in [1.165, 1.54) is 17.8 Å². The van der Waals surface area contributed by atoms with Gasteiger partial charge in [0, 0.05) is 23.2 Å². The Kier molecular flexibility index (Phi) is 5.69. The molecule has 0 aliphatic rings. The summed E-state index contributed by atoms with van der Waals surface area (Å²) < 4.78 is 4.77. The summed E-state index contributed by atoms with van der Waals surface area (Å²) in [6.07, 6.45) is 3.18. The third-order valence-corrected chi connectivity index (χ3v) is 2.61. The van der Waals surface area contributed by atoms with E-state index >= 15 is 0 Å². The second kappa shape index (κ2) is 7.06. The maximum absolute atomic E-state index is 11.0. The third-order valence-electron chi connectivity index (χ3n) is 1.81. The molecular weight excluding hydrogens is 236 g/mol. The number of thioether (sulfide) groups is 1. The zero-order chi connectivity index (χ0) is 12.7. The topological polar surface area (TPSA) is 52.1 Å². The molecule has 0 radical (unpaired) electrons. The Morgan fingerprint density at radius 3 is 2.65 bits per heavy atom. The van der Waals surface area contributed by atoms with Crippen LogP contribution in [0.3, 0.4) is 0 Å². The fraction of sp³-hybridized carbons (Fsp3) is 0.417. The second-order valence-corrected chi connectivity index (χ2v) is 4.39. The summed E-state index contributed by atoms with van der Waals surface area (Å²) in [5.74, 6) is 0.344. The van der Waals surface area contributed by atoms with E-state index in [9.17, 15) is 4.79 Å². The summed E-state index contributed by atoms with van der Waals surface area (Å²) in [6.45, 7) is 6.06. The van der Waals surface area contributed by atoms with Crippen LogP contribution in [0.15, 0.2) is 23.4 Å². The van der Waals surface area contributed by atoms with Crippen molar-refractivity contribution in [2.75, 3.05) is 12.4 Å². The quantitative estimate of drug-likeness (QED) is 0.348. The first-order valence-corrected chi connectivity index (χ1v) is 6.38. The Morgan fingerprint density at radius 2 is 2.06 bits per heavy atom. The van der Waals surface area contributed by atoms with E-state index in [2.05, 4.69) is 9.97 Å². The first-order valence-electron chi connectivity index (χ1n) is 5.40. The summed E-state index contributed by atoms with van der Waals surface area (Å²) >= 11 is 1.49. The fourth-order valence-electron chi connectivity index (χ4n) is 1.22. The highest BCUT2D eigenvalue weighted by Gasteiger charge is 1.99. The molecule has 0 saturated heterocycles. The molecule has 0 fully saturated rings. The zero-order valence-electron chi connectivity index (χ0n) is 10.3. The van der Waals surface area contributed by atoms with Crippen LogP contribution in [0, 0.1) is 13.8 Å². The minimum Gasteiger partial charge on any atom is -0.463 e. The van der Waals surface area contributed by atoms with Crippen LogP contribution >= 0.6 is 11.8 Å². The van der Waals surface area contributed by atoms with E-state index in [1.807, 2.05) is 19.9 Å². The van der Waals surface area contributed by atoms with Crippen LogP contribution in [0.2, 0.25) is 0 Å². The van der Waals surface area contributed by atoms with Crippen LogP contribution in [-0.4, -0.2) is 28.3 Å². The van der Waals surface area contributed by atoms with Gasteiger partial charge in [-0.15, -0.1) is 0 Å². The summed E-state index contributed by atoms with van der Waals surface area (Å²) in [5.41, 5.74) is 1.91. The smallest absolute Gasteiger partial charge is 0.330 e. The van der Waals surface area contributed by atoms with E-state index < -0.39 is 0 Å². The first kappa shape index (κ1) is 13.7. The monoisotopic (exact) mass is 252 g/mol. The van der Waals surface area contributed by atoms with Gasteiger partial charge >= 0.3 is 5.97 Å². The Bertz CT molecular complexity index is 399. The van der Waals surface area contributed by atoms with Crippen molar-refractivity contribution >= 4 is 17.7 Å². The number of hydrogen-bond acceptors (Lipinski definition) is 5. The number of aromatic nitrogens is 2. The molecule has 0 atom stereocenters. The molecule has 5 heteroatoms. The van der Waals surface area contributed by atoms with E-state index in [0.29, 0.717) is 12.4 Å². The SMILES string of the molecule is CCOC(=O)/C=C/CSc1nc(C)cc(C)n1. The van der Waals surface area contributed by atoms with Gasteiger partial charge in [-0.2, -0.15) is 0 Å². The minimum atomic E-state index is -0.311. The van der Waals surface area contributed by atoms with Crippen LogP contribution in [-0.2, 0) is 9.53 Å². The number of aryl methyl sites for hydroxylation is 2. The Hall–Kier alpha value is -1.36. The molecule has 0 aliphatic carbocycles. The Morgan fingerprint density at radius 1 is 1.41 bits per heavy atom. The molecule has 0 saturated carbocycles. The molecule has 4 nitrogen and oxygen atoms in total. The number of carbonyl (C=O) groups excluding carboxylic acids is 1. The van der Waals surface area contributed by atoms with Crippen molar-refractivity contribution in [3.05, 3.63) is 29.6 Å². The van der Waals surface area contributed by atoms with Gasteiger partial charge in [-0.3, -0.25) is 0 Å². The Balaban J connectivity index is 2.43. The average Bonchev–Trinajstić information content (AvgIpc) is 2.23. The molecule has 0 amide bonds. The van der Waals surface area contributed by atoms with Gasteiger partial charge in [-0.1, -0.05) is 17.8 Å². The van der Waals surface area contributed by atoms with Gasteiger partial charge < -0.3 is 4.74 Å². The number of esters is 1.